The van der Waals surface area contributed by atoms with Gasteiger partial charge in [-0.15, -0.1) is 0 Å². The third-order valence-corrected chi connectivity index (χ3v) is 2.64. The minimum Gasteiger partial charge on any atom is -0.374 e. The van der Waals surface area contributed by atoms with Gasteiger partial charge in [0.25, 0.3) is 0 Å². The lowest BCUT2D eigenvalue weighted by Crippen LogP contribution is -2.28. The van der Waals surface area contributed by atoms with Crippen LogP contribution in [0.5, 0.6) is 0 Å². The van der Waals surface area contributed by atoms with E-state index in [1.807, 2.05) is 40.8 Å². The van der Waals surface area contributed by atoms with E-state index < -0.39 is 0 Å². The van der Waals surface area contributed by atoms with Crippen molar-refractivity contribution in [1.82, 2.24) is 5.32 Å². The summed E-state index contributed by atoms with van der Waals surface area (Å²) in [5, 5.41) is 3.20. The van der Waals surface area contributed by atoms with Crippen LogP contribution in [0.1, 0.15) is 37.9 Å². The number of likely N-dealkylation sites (N-methyl/N-ethyl adjacent to an activating group) is 1. The van der Waals surface area contributed by atoms with Crippen molar-refractivity contribution >= 4 is 0 Å². The van der Waals surface area contributed by atoms with Crippen LogP contribution in [-0.4, -0.2) is 19.3 Å². The van der Waals surface area contributed by atoms with Crippen molar-refractivity contribution < 1.29 is 9.13 Å². The Balaban J connectivity index is 2.79. The highest BCUT2D eigenvalue weighted by Crippen LogP contribution is 2.20. The van der Waals surface area contributed by atoms with Gasteiger partial charge >= 0.3 is 0 Å². The monoisotopic (exact) mass is 239 g/mol. The topological polar surface area (TPSA) is 21.3 Å². The molecule has 3 heteroatoms. The van der Waals surface area contributed by atoms with Gasteiger partial charge in [0.2, 0.25) is 0 Å². The van der Waals surface area contributed by atoms with E-state index in [0.29, 0.717) is 6.61 Å². The third kappa shape index (κ3) is 4.44. The molecule has 1 rings (SSSR count). The molecular formula is C14H22FNO. The van der Waals surface area contributed by atoms with Crippen LogP contribution >= 0.6 is 0 Å². The molecule has 0 heterocycles. The zero-order valence-electron chi connectivity index (χ0n) is 11.3. The van der Waals surface area contributed by atoms with E-state index >= 15 is 0 Å². The standard InChI is InChI=1S/C14H22FNO/c1-10-8-11(15)6-7-12(10)13(16-5)9-17-14(2,3)4/h6-8,13,16H,9H2,1-5H3. The first-order chi connectivity index (χ1) is 7.83. The van der Waals surface area contributed by atoms with E-state index in [2.05, 4.69) is 5.32 Å². The number of halogens is 1. The van der Waals surface area contributed by atoms with Gasteiger partial charge in [-0.25, -0.2) is 4.39 Å². The van der Waals surface area contributed by atoms with Crippen molar-refractivity contribution in [2.24, 2.45) is 0 Å². The molecule has 2 nitrogen and oxygen atoms in total. The van der Waals surface area contributed by atoms with Crippen LogP contribution in [0.15, 0.2) is 18.2 Å². The van der Waals surface area contributed by atoms with Crippen molar-refractivity contribution in [2.75, 3.05) is 13.7 Å². The summed E-state index contributed by atoms with van der Waals surface area (Å²) in [5.74, 6) is -0.196. The summed E-state index contributed by atoms with van der Waals surface area (Å²) in [5.41, 5.74) is 1.86. The first-order valence-corrected chi connectivity index (χ1v) is 5.91. The zero-order valence-corrected chi connectivity index (χ0v) is 11.3. The second kappa shape index (κ2) is 5.61. The second-order valence-corrected chi connectivity index (χ2v) is 5.27. The van der Waals surface area contributed by atoms with E-state index in [4.69, 9.17) is 4.74 Å². The molecule has 0 aliphatic rings. The van der Waals surface area contributed by atoms with E-state index in [-0.39, 0.29) is 17.5 Å². The van der Waals surface area contributed by atoms with Crippen LogP contribution in [0, 0.1) is 12.7 Å². The van der Waals surface area contributed by atoms with E-state index in [1.165, 1.54) is 6.07 Å². The number of rotatable bonds is 4. The Kier molecular flexibility index (Phi) is 4.66. The number of ether oxygens (including phenoxy) is 1. The van der Waals surface area contributed by atoms with E-state index in [9.17, 15) is 4.39 Å². The van der Waals surface area contributed by atoms with Gasteiger partial charge in [-0.2, -0.15) is 0 Å². The van der Waals surface area contributed by atoms with Crippen molar-refractivity contribution in [3.63, 3.8) is 0 Å². The molecule has 0 fully saturated rings. The maximum absolute atomic E-state index is 13.0. The van der Waals surface area contributed by atoms with E-state index in [1.54, 1.807) is 6.07 Å². The lowest BCUT2D eigenvalue weighted by molar-refractivity contribution is -0.0140. The molecule has 0 aliphatic heterocycles. The first kappa shape index (κ1) is 14.1. The average Bonchev–Trinajstić information content (AvgIpc) is 2.19. The van der Waals surface area contributed by atoms with Crippen molar-refractivity contribution in [2.45, 2.75) is 39.3 Å². The molecule has 0 saturated heterocycles. The molecule has 1 aromatic carbocycles. The van der Waals surface area contributed by atoms with Gasteiger partial charge in [0.1, 0.15) is 5.82 Å². The zero-order chi connectivity index (χ0) is 13.1. The fraction of sp³-hybridized carbons (Fsp3) is 0.571. The van der Waals surface area contributed by atoms with Crippen LogP contribution in [-0.2, 0) is 4.74 Å². The minimum absolute atomic E-state index is 0.0924. The summed E-state index contributed by atoms with van der Waals surface area (Å²) in [6.07, 6.45) is 0. The molecule has 1 unspecified atom stereocenters. The van der Waals surface area contributed by atoms with Gasteiger partial charge in [-0.1, -0.05) is 6.07 Å². The molecule has 0 amide bonds. The van der Waals surface area contributed by atoms with Crippen molar-refractivity contribution in [1.29, 1.82) is 0 Å². The molecule has 1 atom stereocenters. The SMILES string of the molecule is CNC(COC(C)(C)C)c1ccc(F)cc1C. The molecule has 0 bridgehead atoms. The quantitative estimate of drug-likeness (QED) is 0.871. The first-order valence-electron chi connectivity index (χ1n) is 5.91. The molecule has 96 valence electrons. The van der Waals surface area contributed by atoms with Crippen molar-refractivity contribution in [3.05, 3.63) is 35.1 Å². The summed E-state index contributed by atoms with van der Waals surface area (Å²) in [6.45, 7) is 8.57. The average molecular weight is 239 g/mol. The largest absolute Gasteiger partial charge is 0.374 e. The smallest absolute Gasteiger partial charge is 0.123 e. The number of hydrogen-bond donors (Lipinski definition) is 1. The Morgan fingerprint density at radius 3 is 2.47 bits per heavy atom. The van der Waals surface area contributed by atoms with Crippen LogP contribution in [0.3, 0.4) is 0 Å². The lowest BCUT2D eigenvalue weighted by Gasteiger charge is -2.25. The number of aryl methyl sites for hydroxylation is 1. The molecule has 1 aromatic rings. The van der Waals surface area contributed by atoms with Gasteiger partial charge in [0.15, 0.2) is 0 Å². The van der Waals surface area contributed by atoms with Crippen LogP contribution in [0.25, 0.3) is 0 Å². The van der Waals surface area contributed by atoms with Crippen LogP contribution in [0.2, 0.25) is 0 Å². The summed E-state index contributed by atoms with van der Waals surface area (Å²) in [6, 6.07) is 4.95. The predicted molar refractivity (Wildman–Crippen MR) is 68.6 cm³/mol. The van der Waals surface area contributed by atoms with E-state index in [0.717, 1.165) is 11.1 Å². The molecule has 0 aromatic heterocycles. The fourth-order valence-corrected chi connectivity index (χ4v) is 1.69. The highest BCUT2D eigenvalue weighted by Gasteiger charge is 2.17. The minimum atomic E-state index is -0.196. The molecule has 0 radical (unpaired) electrons. The van der Waals surface area contributed by atoms with Gasteiger partial charge < -0.3 is 10.1 Å². The molecule has 0 spiro atoms. The Hall–Kier alpha value is -0.930. The highest BCUT2D eigenvalue weighted by atomic mass is 19.1. The fourth-order valence-electron chi connectivity index (χ4n) is 1.69. The Morgan fingerprint density at radius 1 is 1.35 bits per heavy atom. The summed E-state index contributed by atoms with van der Waals surface area (Å²) in [7, 11) is 1.89. The van der Waals surface area contributed by atoms with Crippen molar-refractivity contribution in [3.8, 4) is 0 Å². The Labute approximate surface area is 103 Å². The highest BCUT2D eigenvalue weighted by molar-refractivity contribution is 5.29. The molecular weight excluding hydrogens is 217 g/mol. The summed E-state index contributed by atoms with van der Waals surface area (Å²) < 4.78 is 18.8. The number of hydrogen-bond acceptors (Lipinski definition) is 2. The summed E-state index contributed by atoms with van der Waals surface area (Å²) in [4.78, 5) is 0. The third-order valence-electron chi connectivity index (χ3n) is 2.64. The molecule has 0 aliphatic carbocycles. The Morgan fingerprint density at radius 2 is 2.00 bits per heavy atom. The van der Waals surface area contributed by atoms with Gasteiger partial charge in [-0.3, -0.25) is 0 Å². The number of benzene rings is 1. The van der Waals surface area contributed by atoms with Gasteiger partial charge in [0.05, 0.1) is 18.2 Å². The maximum atomic E-state index is 13.0. The predicted octanol–water partition coefficient (Wildman–Crippen LogP) is 3.21. The van der Waals surface area contributed by atoms with Crippen LogP contribution in [0.4, 0.5) is 4.39 Å². The van der Waals surface area contributed by atoms with Gasteiger partial charge in [-0.05, 0) is 58.0 Å². The second-order valence-electron chi connectivity index (χ2n) is 5.27. The van der Waals surface area contributed by atoms with Gasteiger partial charge in [0, 0.05) is 0 Å². The Bertz CT molecular complexity index is 371. The lowest BCUT2D eigenvalue weighted by atomic mass is 10.0. The molecule has 0 saturated carbocycles. The summed E-state index contributed by atoms with van der Waals surface area (Å²) >= 11 is 0. The normalized spacial score (nSPS) is 13.8. The van der Waals surface area contributed by atoms with Crippen LogP contribution < -0.4 is 5.32 Å². The maximum Gasteiger partial charge on any atom is 0.123 e. The number of nitrogens with one attached hydrogen (secondary N) is 1. The molecule has 1 N–H and O–H groups in total. The molecule has 17 heavy (non-hydrogen) atoms.